The van der Waals surface area contributed by atoms with Gasteiger partial charge in [0.2, 0.25) is 0 Å². The smallest absolute Gasteiger partial charge is 0.338 e. The number of carbonyl (C=O) groups excluding carboxylic acids is 1. The number of esters is 1. The molecule has 0 aliphatic carbocycles. The van der Waals surface area contributed by atoms with Crippen LogP contribution in [0.2, 0.25) is 0 Å². The Balaban J connectivity index is 1.70. The van der Waals surface area contributed by atoms with Gasteiger partial charge < -0.3 is 9.47 Å². The van der Waals surface area contributed by atoms with Gasteiger partial charge in [-0.25, -0.2) is 4.79 Å². The number of azo groups is 1. The SMILES string of the molecule is CCCCCCCCCOc1ccc(N=Nc2ccc(C(=O)OCCCCC)cc2)cc1. The lowest BCUT2D eigenvalue weighted by Gasteiger charge is -2.06. The Morgan fingerprint density at radius 3 is 1.78 bits per heavy atom. The second kappa shape index (κ2) is 16.0. The monoisotopic (exact) mass is 438 g/mol. The van der Waals surface area contributed by atoms with Crippen molar-refractivity contribution in [1.29, 1.82) is 0 Å². The van der Waals surface area contributed by atoms with Crippen molar-refractivity contribution < 1.29 is 14.3 Å². The summed E-state index contributed by atoms with van der Waals surface area (Å²) in [4.78, 5) is 12.0. The second-order valence-corrected chi connectivity index (χ2v) is 8.05. The van der Waals surface area contributed by atoms with Gasteiger partial charge in [-0.1, -0.05) is 65.2 Å². The van der Waals surface area contributed by atoms with Crippen molar-refractivity contribution in [2.75, 3.05) is 13.2 Å². The number of ether oxygens (including phenoxy) is 2. The quantitative estimate of drug-likeness (QED) is 0.150. The Bertz CT molecular complexity index is 786. The minimum Gasteiger partial charge on any atom is -0.494 e. The van der Waals surface area contributed by atoms with Crippen LogP contribution in [-0.2, 0) is 4.74 Å². The number of benzene rings is 2. The molecule has 0 aliphatic rings. The van der Waals surface area contributed by atoms with Gasteiger partial charge in [-0.3, -0.25) is 0 Å². The van der Waals surface area contributed by atoms with E-state index in [1.165, 1.54) is 38.5 Å². The van der Waals surface area contributed by atoms with Crippen LogP contribution in [0.15, 0.2) is 58.8 Å². The predicted molar refractivity (Wildman–Crippen MR) is 130 cm³/mol. The minimum atomic E-state index is -0.295. The molecule has 2 rings (SSSR count). The van der Waals surface area contributed by atoms with E-state index in [0.717, 1.165) is 43.7 Å². The fourth-order valence-electron chi connectivity index (χ4n) is 3.24. The molecule has 2 aromatic rings. The van der Waals surface area contributed by atoms with Crippen LogP contribution < -0.4 is 4.74 Å². The van der Waals surface area contributed by atoms with Crippen molar-refractivity contribution in [1.82, 2.24) is 0 Å². The lowest BCUT2D eigenvalue weighted by Crippen LogP contribution is -2.06. The van der Waals surface area contributed by atoms with Crippen molar-refractivity contribution in [3.05, 3.63) is 54.1 Å². The number of hydrogen-bond acceptors (Lipinski definition) is 5. The molecule has 0 spiro atoms. The summed E-state index contributed by atoms with van der Waals surface area (Å²) in [6.07, 6.45) is 12.0. The zero-order valence-corrected chi connectivity index (χ0v) is 19.7. The highest BCUT2D eigenvalue weighted by Gasteiger charge is 2.06. The van der Waals surface area contributed by atoms with E-state index in [1.54, 1.807) is 24.3 Å². The summed E-state index contributed by atoms with van der Waals surface area (Å²) in [6.45, 7) is 5.58. The van der Waals surface area contributed by atoms with Crippen LogP contribution in [0.4, 0.5) is 11.4 Å². The van der Waals surface area contributed by atoms with E-state index < -0.39 is 0 Å². The molecular weight excluding hydrogens is 400 g/mol. The average Bonchev–Trinajstić information content (AvgIpc) is 2.83. The first-order valence-corrected chi connectivity index (χ1v) is 12.1. The van der Waals surface area contributed by atoms with Gasteiger partial charge in [0, 0.05) is 0 Å². The summed E-state index contributed by atoms with van der Waals surface area (Å²) in [5.74, 6) is 0.563. The maximum absolute atomic E-state index is 12.0. The molecule has 0 saturated heterocycles. The summed E-state index contributed by atoms with van der Waals surface area (Å²) >= 11 is 0. The molecule has 5 nitrogen and oxygen atoms in total. The van der Waals surface area contributed by atoms with Crippen molar-refractivity contribution in [2.24, 2.45) is 10.2 Å². The van der Waals surface area contributed by atoms with Gasteiger partial charge in [0.15, 0.2) is 0 Å². The number of hydrogen-bond donors (Lipinski definition) is 0. The highest BCUT2D eigenvalue weighted by atomic mass is 16.5. The van der Waals surface area contributed by atoms with Gasteiger partial charge in [-0.15, -0.1) is 0 Å². The first-order valence-electron chi connectivity index (χ1n) is 12.1. The van der Waals surface area contributed by atoms with E-state index in [1.807, 2.05) is 24.3 Å². The van der Waals surface area contributed by atoms with Crippen molar-refractivity contribution in [2.45, 2.75) is 78.1 Å². The normalized spacial score (nSPS) is 11.1. The molecule has 32 heavy (non-hydrogen) atoms. The van der Waals surface area contributed by atoms with E-state index in [2.05, 4.69) is 24.1 Å². The van der Waals surface area contributed by atoms with Gasteiger partial charge in [-0.2, -0.15) is 10.2 Å². The Kier molecular flexibility index (Phi) is 12.8. The number of carbonyl (C=O) groups is 1. The molecule has 0 N–H and O–H groups in total. The third-order valence-electron chi connectivity index (χ3n) is 5.22. The van der Waals surface area contributed by atoms with Crippen molar-refractivity contribution in [3.8, 4) is 5.75 Å². The van der Waals surface area contributed by atoms with Crippen LogP contribution >= 0.6 is 0 Å². The molecule has 5 heteroatoms. The summed E-state index contributed by atoms with van der Waals surface area (Å²) in [5.41, 5.74) is 1.97. The van der Waals surface area contributed by atoms with E-state index in [0.29, 0.717) is 17.9 Å². The summed E-state index contributed by atoms with van der Waals surface area (Å²) in [6, 6.07) is 14.6. The van der Waals surface area contributed by atoms with Crippen LogP contribution in [-0.4, -0.2) is 19.2 Å². The molecule has 0 aromatic heterocycles. The molecule has 0 amide bonds. The van der Waals surface area contributed by atoms with Crippen LogP contribution in [0, 0.1) is 0 Å². The van der Waals surface area contributed by atoms with E-state index in [-0.39, 0.29) is 5.97 Å². The van der Waals surface area contributed by atoms with E-state index >= 15 is 0 Å². The van der Waals surface area contributed by atoms with Crippen LogP contribution in [0.3, 0.4) is 0 Å². The van der Waals surface area contributed by atoms with Crippen LogP contribution in [0.25, 0.3) is 0 Å². The predicted octanol–water partition coefficient (Wildman–Crippen LogP) is 8.58. The standard InChI is InChI=1S/C27H38N2O3/c1-3-5-7-8-9-10-12-21-31-26-19-17-25(18-20-26)29-28-24-15-13-23(14-16-24)27(30)32-22-11-6-4-2/h13-20H,3-12,21-22H2,1-2H3. The lowest BCUT2D eigenvalue weighted by molar-refractivity contribution is 0.0498. The molecule has 0 bridgehead atoms. The highest BCUT2D eigenvalue weighted by Crippen LogP contribution is 2.22. The highest BCUT2D eigenvalue weighted by molar-refractivity contribution is 5.89. The molecular formula is C27H38N2O3. The van der Waals surface area contributed by atoms with E-state index in [9.17, 15) is 4.79 Å². The fourth-order valence-corrected chi connectivity index (χ4v) is 3.24. The molecule has 0 fully saturated rings. The molecule has 0 radical (unpaired) electrons. The third-order valence-corrected chi connectivity index (χ3v) is 5.22. The molecule has 0 aliphatic heterocycles. The Morgan fingerprint density at radius 2 is 1.16 bits per heavy atom. The maximum atomic E-state index is 12.0. The third kappa shape index (κ3) is 10.6. The molecule has 0 saturated carbocycles. The Hall–Kier alpha value is -2.69. The second-order valence-electron chi connectivity index (χ2n) is 8.05. The summed E-state index contributed by atoms with van der Waals surface area (Å²) < 4.78 is 11.1. The van der Waals surface area contributed by atoms with Gasteiger partial charge in [0.25, 0.3) is 0 Å². The topological polar surface area (TPSA) is 60.2 Å². The maximum Gasteiger partial charge on any atom is 0.338 e. The molecule has 0 unspecified atom stereocenters. The zero-order chi connectivity index (χ0) is 22.9. The van der Waals surface area contributed by atoms with Gasteiger partial charge >= 0.3 is 5.97 Å². The summed E-state index contributed by atoms with van der Waals surface area (Å²) in [5, 5.41) is 8.50. The summed E-state index contributed by atoms with van der Waals surface area (Å²) in [7, 11) is 0. The van der Waals surface area contributed by atoms with Gasteiger partial charge in [0.1, 0.15) is 5.75 Å². The van der Waals surface area contributed by atoms with Gasteiger partial charge in [0.05, 0.1) is 30.2 Å². The lowest BCUT2D eigenvalue weighted by atomic mass is 10.1. The molecule has 174 valence electrons. The Labute approximate surface area is 193 Å². The van der Waals surface area contributed by atoms with Crippen LogP contribution in [0.5, 0.6) is 5.75 Å². The number of rotatable bonds is 16. The van der Waals surface area contributed by atoms with Crippen molar-refractivity contribution >= 4 is 17.3 Å². The van der Waals surface area contributed by atoms with Crippen molar-refractivity contribution in [3.63, 3.8) is 0 Å². The number of nitrogens with zero attached hydrogens (tertiary/aromatic N) is 2. The van der Waals surface area contributed by atoms with Crippen LogP contribution in [0.1, 0.15) is 88.4 Å². The first kappa shape index (κ1) is 25.6. The molecule has 0 heterocycles. The van der Waals surface area contributed by atoms with E-state index in [4.69, 9.17) is 9.47 Å². The first-order chi connectivity index (χ1) is 15.7. The minimum absolute atomic E-state index is 0.295. The molecule has 0 atom stereocenters. The number of unbranched alkanes of at least 4 members (excludes halogenated alkanes) is 8. The van der Waals surface area contributed by atoms with Gasteiger partial charge in [-0.05, 0) is 61.4 Å². The largest absolute Gasteiger partial charge is 0.494 e. The average molecular weight is 439 g/mol. The fraction of sp³-hybridized carbons (Fsp3) is 0.519. The Morgan fingerprint density at radius 1 is 0.656 bits per heavy atom. The molecule has 2 aromatic carbocycles. The zero-order valence-electron chi connectivity index (χ0n) is 19.7.